The molecule has 0 aromatic heterocycles. The van der Waals surface area contributed by atoms with Gasteiger partial charge in [-0.15, -0.1) is 8.39 Å². The molecule has 3 atom stereocenters. The average molecular weight is 222 g/mol. The van der Waals surface area contributed by atoms with Crippen LogP contribution in [0, 0.1) is 0 Å². The summed E-state index contributed by atoms with van der Waals surface area (Å²) in [4.78, 5) is 0. The average Bonchev–Trinajstić information content (AvgIpc) is 2.06. The van der Waals surface area contributed by atoms with Crippen LogP contribution >= 0.6 is 7.99 Å². The summed E-state index contributed by atoms with van der Waals surface area (Å²) in [6, 6.07) is 0. The Labute approximate surface area is 69.5 Å². The first-order valence-corrected chi connectivity index (χ1v) is 5.23. The highest BCUT2D eigenvalue weighted by Gasteiger charge is 2.39. The van der Waals surface area contributed by atoms with Gasteiger partial charge in [0.1, 0.15) is 6.10 Å². The Kier molecular flexibility index (Phi) is 2.95. The van der Waals surface area contributed by atoms with Crippen molar-refractivity contribution < 1.29 is 30.1 Å². The van der Waals surface area contributed by atoms with Crippen LogP contribution in [-0.2, 0) is 28.8 Å². The summed E-state index contributed by atoms with van der Waals surface area (Å²) in [5, 5.41) is 0. The second-order valence-corrected chi connectivity index (χ2v) is 3.82. The van der Waals surface area contributed by atoms with Gasteiger partial charge in [0, 0.05) is 0 Å². The van der Waals surface area contributed by atoms with Gasteiger partial charge in [-0.1, -0.05) is 0 Å². The van der Waals surface area contributed by atoms with E-state index in [9.17, 15) is 17.2 Å². The Morgan fingerprint density at radius 2 is 2.08 bits per heavy atom. The van der Waals surface area contributed by atoms with E-state index in [1.807, 2.05) is 0 Å². The van der Waals surface area contributed by atoms with Crippen LogP contribution in [0.2, 0.25) is 0 Å². The van der Waals surface area contributed by atoms with Gasteiger partial charge in [0.15, 0.2) is 0 Å². The SMILES string of the molecule is CC1OS(=O)OC1OP(=O)(F)F. The maximum absolute atomic E-state index is 11.8. The third-order valence-electron chi connectivity index (χ3n) is 1.01. The first kappa shape index (κ1) is 10.2. The molecule has 5 nitrogen and oxygen atoms in total. The monoisotopic (exact) mass is 222 g/mol. The fraction of sp³-hybridized carbons (Fsp3) is 1.00. The number of hydrogen-bond donors (Lipinski definition) is 0. The summed E-state index contributed by atoms with van der Waals surface area (Å²) >= 11 is -2.10. The molecule has 1 saturated heterocycles. The summed E-state index contributed by atoms with van der Waals surface area (Å²) < 4.78 is 56.1. The third-order valence-corrected chi connectivity index (χ3v) is 2.27. The maximum Gasteiger partial charge on any atom is 0.554 e. The van der Waals surface area contributed by atoms with Crippen molar-refractivity contribution >= 4 is 19.4 Å². The van der Waals surface area contributed by atoms with Crippen LogP contribution in [0.4, 0.5) is 8.39 Å². The second kappa shape index (κ2) is 3.47. The van der Waals surface area contributed by atoms with E-state index >= 15 is 0 Å². The number of hydrogen-bond acceptors (Lipinski definition) is 5. The summed E-state index contributed by atoms with van der Waals surface area (Å²) in [6.45, 7) is 1.31. The summed E-state index contributed by atoms with van der Waals surface area (Å²) in [5.41, 5.74) is 0. The van der Waals surface area contributed by atoms with Crippen LogP contribution < -0.4 is 0 Å². The van der Waals surface area contributed by atoms with Crippen molar-refractivity contribution in [1.29, 1.82) is 0 Å². The van der Waals surface area contributed by atoms with Crippen molar-refractivity contribution in [3.8, 4) is 0 Å². The lowest BCUT2D eigenvalue weighted by molar-refractivity contribution is -0.0181. The second-order valence-electron chi connectivity index (χ2n) is 1.99. The first-order valence-electron chi connectivity index (χ1n) is 2.82. The Morgan fingerprint density at radius 1 is 1.50 bits per heavy atom. The van der Waals surface area contributed by atoms with Crippen molar-refractivity contribution in [3.05, 3.63) is 0 Å². The molecule has 0 amide bonds. The molecule has 0 aromatic carbocycles. The summed E-state index contributed by atoms with van der Waals surface area (Å²) in [6.07, 6.45) is -2.46. The highest BCUT2D eigenvalue weighted by molar-refractivity contribution is 7.75. The van der Waals surface area contributed by atoms with E-state index in [1.165, 1.54) is 6.92 Å². The molecule has 1 rings (SSSR count). The van der Waals surface area contributed by atoms with Crippen LogP contribution in [0.5, 0.6) is 0 Å². The van der Waals surface area contributed by atoms with Crippen LogP contribution in [0.25, 0.3) is 0 Å². The van der Waals surface area contributed by atoms with Gasteiger partial charge in [0.05, 0.1) is 0 Å². The van der Waals surface area contributed by atoms with E-state index in [2.05, 4.69) is 12.9 Å². The van der Waals surface area contributed by atoms with Gasteiger partial charge in [0.25, 0.3) is 0 Å². The molecule has 1 aliphatic rings. The van der Waals surface area contributed by atoms with E-state index in [4.69, 9.17) is 0 Å². The minimum absolute atomic E-state index is 0.925. The molecule has 0 spiro atoms. The third kappa shape index (κ3) is 2.87. The van der Waals surface area contributed by atoms with E-state index in [0.717, 1.165) is 0 Å². The lowest BCUT2D eigenvalue weighted by Gasteiger charge is -2.09. The minimum Gasteiger partial charge on any atom is -0.260 e. The number of halogens is 2. The molecule has 9 heteroatoms. The fourth-order valence-electron chi connectivity index (χ4n) is 0.572. The molecule has 72 valence electrons. The molecule has 1 fully saturated rings. The van der Waals surface area contributed by atoms with Gasteiger partial charge in [-0.05, 0) is 6.92 Å². The van der Waals surface area contributed by atoms with Gasteiger partial charge in [0.2, 0.25) is 6.29 Å². The number of rotatable bonds is 2. The van der Waals surface area contributed by atoms with Crippen molar-refractivity contribution in [2.24, 2.45) is 0 Å². The quantitative estimate of drug-likeness (QED) is 0.660. The van der Waals surface area contributed by atoms with Crippen molar-refractivity contribution in [2.75, 3.05) is 0 Å². The molecule has 0 radical (unpaired) electrons. The van der Waals surface area contributed by atoms with Crippen LogP contribution in [0.3, 0.4) is 0 Å². The van der Waals surface area contributed by atoms with E-state index in [-0.39, 0.29) is 0 Å². The zero-order valence-electron chi connectivity index (χ0n) is 5.81. The highest BCUT2D eigenvalue weighted by atomic mass is 32.2. The van der Waals surface area contributed by atoms with Gasteiger partial charge < -0.3 is 0 Å². The van der Waals surface area contributed by atoms with Crippen LogP contribution in [0.15, 0.2) is 0 Å². The summed E-state index contributed by atoms with van der Waals surface area (Å²) in [5.74, 6) is 0. The lowest BCUT2D eigenvalue weighted by atomic mass is 10.4. The smallest absolute Gasteiger partial charge is 0.260 e. The van der Waals surface area contributed by atoms with E-state index in [1.54, 1.807) is 0 Å². The van der Waals surface area contributed by atoms with Gasteiger partial charge in [-0.3, -0.25) is 4.18 Å². The Hall–Kier alpha value is 0.120. The molecule has 0 aromatic rings. The topological polar surface area (TPSA) is 61.8 Å². The Balaban J connectivity index is 2.54. The predicted molar refractivity (Wildman–Crippen MR) is 34.5 cm³/mol. The van der Waals surface area contributed by atoms with Gasteiger partial charge in [-0.2, -0.15) is 4.21 Å². The molecule has 3 unspecified atom stereocenters. The Morgan fingerprint density at radius 3 is 2.42 bits per heavy atom. The fourth-order valence-corrected chi connectivity index (χ4v) is 1.82. The minimum atomic E-state index is -5.62. The molecule has 0 saturated carbocycles. The van der Waals surface area contributed by atoms with Crippen LogP contribution in [-0.4, -0.2) is 16.6 Å². The molecule has 1 heterocycles. The largest absolute Gasteiger partial charge is 0.554 e. The van der Waals surface area contributed by atoms with Gasteiger partial charge >= 0.3 is 19.4 Å². The molecular formula is C3H5F2O5PS. The molecule has 12 heavy (non-hydrogen) atoms. The van der Waals surface area contributed by atoms with E-state index < -0.39 is 31.7 Å². The molecule has 0 bridgehead atoms. The highest BCUT2D eigenvalue weighted by Crippen LogP contribution is 2.52. The molecule has 0 aliphatic carbocycles. The summed E-state index contributed by atoms with van der Waals surface area (Å²) in [7, 11) is -5.62. The zero-order chi connectivity index (χ0) is 9.35. The van der Waals surface area contributed by atoms with Gasteiger partial charge in [-0.25, -0.2) is 13.3 Å². The maximum atomic E-state index is 11.8. The molecule has 1 aliphatic heterocycles. The molecule has 0 N–H and O–H groups in total. The van der Waals surface area contributed by atoms with Crippen molar-refractivity contribution in [3.63, 3.8) is 0 Å². The standard InChI is InChI=1S/C3H5F2O5PS/c1-2-3(8-11(4,5)6)10-12(7)9-2/h2-3H,1H3. The van der Waals surface area contributed by atoms with E-state index in [0.29, 0.717) is 0 Å². The Bertz CT molecular complexity index is 241. The van der Waals surface area contributed by atoms with Crippen LogP contribution in [0.1, 0.15) is 6.92 Å². The molecular weight excluding hydrogens is 217 g/mol. The normalized spacial score (nSPS) is 37.1. The zero-order valence-corrected chi connectivity index (χ0v) is 7.52. The van der Waals surface area contributed by atoms with Crippen molar-refractivity contribution in [2.45, 2.75) is 19.3 Å². The first-order chi connectivity index (χ1) is 5.38. The predicted octanol–water partition coefficient (Wildman–Crippen LogP) is 1.39. The lowest BCUT2D eigenvalue weighted by Crippen LogP contribution is -2.20. The van der Waals surface area contributed by atoms with Crippen molar-refractivity contribution in [1.82, 2.24) is 0 Å².